The van der Waals surface area contributed by atoms with Crippen molar-refractivity contribution < 1.29 is 14.3 Å². The van der Waals surface area contributed by atoms with E-state index in [0.717, 1.165) is 27.6 Å². The molecule has 8 heteroatoms. The van der Waals surface area contributed by atoms with Crippen molar-refractivity contribution in [2.24, 2.45) is 4.99 Å². The third-order valence-corrected chi connectivity index (χ3v) is 7.17. The van der Waals surface area contributed by atoms with Gasteiger partial charge in [0, 0.05) is 3.57 Å². The van der Waals surface area contributed by atoms with Crippen LogP contribution in [0.1, 0.15) is 22.3 Å². The topological polar surface area (TPSA) is 47.9 Å². The molecule has 0 aliphatic carbocycles. The van der Waals surface area contributed by atoms with Gasteiger partial charge in [-0.3, -0.25) is 0 Å². The molecule has 0 N–H and O–H groups in total. The Bertz CT molecular complexity index is 1260. The Labute approximate surface area is 231 Å². The fourth-order valence-corrected chi connectivity index (χ4v) is 5.92. The molecule has 4 rings (SSSR count). The molecule has 0 amide bonds. The predicted octanol–water partition coefficient (Wildman–Crippen LogP) is 7.39. The number of nitrogens with zero attached hydrogens (tertiary/aromatic N) is 1. The SMILES string of the molecule is Cc1cccc(COc2c(I)cc(/C=C3\N=C(c4cc(I)ccc4Cl)OC3=O)cc2I)c1. The smallest absolute Gasteiger partial charge is 0.363 e. The highest BCUT2D eigenvalue weighted by molar-refractivity contribution is 14.1. The summed E-state index contributed by atoms with van der Waals surface area (Å²) in [7, 11) is 0. The average molecular weight is 782 g/mol. The van der Waals surface area contributed by atoms with E-state index in [4.69, 9.17) is 21.1 Å². The molecule has 0 atom stereocenters. The monoisotopic (exact) mass is 781 g/mol. The molecule has 0 bridgehead atoms. The van der Waals surface area contributed by atoms with Crippen LogP contribution < -0.4 is 4.74 Å². The predicted molar refractivity (Wildman–Crippen MR) is 152 cm³/mol. The van der Waals surface area contributed by atoms with E-state index in [2.05, 4.69) is 91.8 Å². The lowest BCUT2D eigenvalue weighted by Crippen LogP contribution is -2.06. The van der Waals surface area contributed by atoms with Crippen LogP contribution >= 0.6 is 79.4 Å². The van der Waals surface area contributed by atoms with Crippen molar-refractivity contribution >= 4 is 97.3 Å². The molecule has 0 radical (unpaired) electrons. The van der Waals surface area contributed by atoms with Gasteiger partial charge in [0.15, 0.2) is 5.70 Å². The number of hydrogen-bond donors (Lipinski definition) is 0. The van der Waals surface area contributed by atoms with E-state index in [1.54, 1.807) is 12.1 Å². The molecular formula is C24H15ClI3NO3. The molecule has 1 aliphatic rings. The van der Waals surface area contributed by atoms with E-state index in [0.29, 0.717) is 17.2 Å². The van der Waals surface area contributed by atoms with Crippen LogP contribution in [0.15, 0.2) is 65.3 Å². The van der Waals surface area contributed by atoms with Crippen molar-refractivity contribution in [3.63, 3.8) is 0 Å². The zero-order chi connectivity index (χ0) is 22.8. The molecule has 0 spiro atoms. The number of aliphatic imine (C=N–C) groups is 1. The summed E-state index contributed by atoms with van der Waals surface area (Å²) in [6.07, 6.45) is 1.71. The summed E-state index contributed by atoms with van der Waals surface area (Å²) in [6.45, 7) is 2.55. The summed E-state index contributed by atoms with van der Waals surface area (Å²) < 4.78 is 14.3. The quantitative estimate of drug-likeness (QED) is 0.154. The Morgan fingerprint density at radius 3 is 2.53 bits per heavy atom. The van der Waals surface area contributed by atoms with Crippen molar-refractivity contribution in [2.75, 3.05) is 0 Å². The number of halogens is 4. The minimum absolute atomic E-state index is 0.215. The maximum Gasteiger partial charge on any atom is 0.363 e. The largest absolute Gasteiger partial charge is 0.487 e. The third kappa shape index (κ3) is 5.65. The Kier molecular flexibility index (Phi) is 7.78. The molecule has 162 valence electrons. The van der Waals surface area contributed by atoms with Gasteiger partial charge in [-0.05, 0) is 122 Å². The number of carbonyl (C=O) groups is 1. The second kappa shape index (κ2) is 10.4. The lowest BCUT2D eigenvalue weighted by Gasteiger charge is -2.12. The van der Waals surface area contributed by atoms with Crippen LogP contribution in [0.2, 0.25) is 5.02 Å². The van der Waals surface area contributed by atoms with Crippen LogP contribution in [0.4, 0.5) is 0 Å². The van der Waals surface area contributed by atoms with Crippen LogP contribution in [-0.4, -0.2) is 11.9 Å². The summed E-state index contributed by atoms with van der Waals surface area (Å²) in [5.74, 6) is 0.533. The van der Waals surface area contributed by atoms with Gasteiger partial charge >= 0.3 is 5.97 Å². The van der Waals surface area contributed by atoms with Crippen LogP contribution in [-0.2, 0) is 16.1 Å². The summed E-state index contributed by atoms with van der Waals surface area (Å²) >= 11 is 12.9. The molecule has 1 heterocycles. The average Bonchev–Trinajstić information content (AvgIpc) is 3.09. The molecule has 1 aliphatic heterocycles. The van der Waals surface area contributed by atoms with Gasteiger partial charge in [0.1, 0.15) is 12.4 Å². The summed E-state index contributed by atoms with van der Waals surface area (Å²) in [6, 6.07) is 17.6. The van der Waals surface area contributed by atoms with Gasteiger partial charge in [0.25, 0.3) is 0 Å². The Morgan fingerprint density at radius 2 is 1.81 bits per heavy atom. The highest BCUT2D eigenvalue weighted by atomic mass is 127. The lowest BCUT2D eigenvalue weighted by molar-refractivity contribution is -0.129. The number of rotatable bonds is 5. The number of hydrogen-bond acceptors (Lipinski definition) is 4. The number of esters is 1. The molecule has 3 aromatic carbocycles. The highest BCUT2D eigenvalue weighted by Gasteiger charge is 2.26. The first-order valence-electron chi connectivity index (χ1n) is 9.45. The molecule has 0 saturated heterocycles. The van der Waals surface area contributed by atoms with Gasteiger partial charge in [-0.25, -0.2) is 9.79 Å². The first-order valence-corrected chi connectivity index (χ1v) is 13.1. The Morgan fingerprint density at radius 1 is 1.06 bits per heavy atom. The van der Waals surface area contributed by atoms with Gasteiger partial charge < -0.3 is 9.47 Å². The van der Waals surface area contributed by atoms with Gasteiger partial charge in [-0.1, -0.05) is 41.4 Å². The first-order chi connectivity index (χ1) is 15.3. The fourth-order valence-electron chi connectivity index (χ4n) is 3.10. The van der Waals surface area contributed by atoms with Crippen LogP contribution in [0.5, 0.6) is 5.75 Å². The van der Waals surface area contributed by atoms with E-state index in [1.807, 2.05) is 36.4 Å². The first kappa shape index (κ1) is 24.0. The number of carbonyl (C=O) groups excluding carboxylic acids is 1. The number of benzene rings is 3. The molecule has 0 saturated carbocycles. The van der Waals surface area contributed by atoms with Crippen molar-refractivity contribution in [2.45, 2.75) is 13.5 Å². The van der Waals surface area contributed by atoms with Crippen LogP contribution in [0.3, 0.4) is 0 Å². The van der Waals surface area contributed by atoms with Crippen molar-refractivity contribution in [1.29, 1.82) is 0 Å². The fraction of sp³-hybridized carbons (Fsp3) is 0.0833. The zero-order valence-corrected chi connectivity index (χ0v) is 23.9. The van der Waals surface area contributed by atoms with E-state index >= 15 is 0 Å². The van der Waals surface area contributed by atoms with Crippen LogP contribution in [0, 0.1) is 17.6 Å². The summed E-state index contributed by atoms with van der Waals surface area (Å²) in [5.41, 5.74) is 3.99. The molecule has 32 heavy (non-hydrogen) atoms. The van der Waals surface area contributed by atoms with Crippen molar-refractivity contribution in [3.05, 3.63) is 98.3 Å². The minimum atomic E-state index is -0.500. The maximum absolute atomic E-state index is 12.4. The standard InChI is InChI=1S/C24H15ClI3NO3/c1-13-3-2-4-14(7-13)12-31-22-19(27)8-15(9-20(22)28)10-21-24(30)32-23(29-21)17-11-16(26)5-6-18(17)25/h2-11H,12H2,1H3/b21-10-. The second-order valence-corrected chi connectivity index (χ2v) is 11.0. The molecule has 0 aromatic heterocycles. The molecule has 0 unspecified atom stereocenters. The molecule has 4 nitrogen and oxygen atoms in total. The van der Waals surface area contributed by atoms with Gasteiger partial charge in [-0.2, -0.15) is 0 Å². The van der Waals surface area contributed by atoms with E-state index < -0.39 is 5.97 Å². The molecule has 0 fully saturated rings. The Balaban J connectivity index is 1.58. The lowest BCUT2D eigenvalue weighted by atomic mass is 10.1. The molecular weight excluding hydrogens is 766 g/mol. The van der Waals surface area contributed by atoms with Crippen LogP contribution in [0.25, 0.3) is 6.08 Å². The minimum Gasteiger partial charge on any atom is -0.487 e. The van der Waals surface area contributed by atoms with Crippen molar-refractivity contribution in [3.8, 4) is 5.75 Å². The number of cyclic esters (lactones) is 1. The maximum atomic E-state index is 12.4. The van der Waals surface area contributed by atoms with Gasteiger partial charge in [0.05, 0.1) is 17.7 Å². The van der Waals surface area contributed by atoms with E-state index in [9.17, 15) is 4.79 Å². The number of ether oxygens (including phenoxy) is 2. The zero-order valence-electron chi connectivity index (χ0n) is 16.7. The summed E-state index contributed by atoms with van der Waals surface area (Å²) in [4.78, 5) is 16.8. The van der Waals surface area contributed by atoms with Crippen molar-refractivity contribution in [1.82, 2.24) is 0 Å². The third-order valence-electron chi connectivity index (χ3n) is 4.57. The molecule has 3 aromatic rings. The Hall–Kier alpha value is -1.18. The second-order valence-electron chi connectivity index (χ2n) is 7.05. The van der Waals surface area contributed by atoms with Gasteiger partial charge in [-0.15, -0.1) is 0 Å². The van der Waals surface area contributed by atoms with E-state index in [-0.39, 0.29) is 11.6 Å². The van der Waals surface area contributed by atoms with E-state index in [1.165, 1.54) is 5.56 Å². The number of aryl methyl sites for hydroxylation is 1. The highest BCUT2D eigenvalue weighted by Crippen LogP contribution is 2.32. The summed E-state index contributed by atoms with van der Waals surface area (Å²) in [5, 5.41) is 0.484. The van der Waals surface area contributed by atoms with Gasteiger partial charge in [0.2, 0.25) is 5.90 Å². The normalized spacial score (nSPS) is 14.5.